The molecule has 0 amide bonds. The van der Waals surface area contributed by atoms with Gasteiger partial charge in [-0.25, -0.2) is 0 Å². The molecule has 8 aromatic rings. The minimum Gasteiger partial charge on any atom is -0.544 e. The van der Waals surface area contributed by atoms with Crippen LogP contribution in [0.3, 0.4) is 0 Å². The van der Waals surface area contributed by atoms with E-state index in [0.717, 1.165) is 72.8 Å². The lowest BCUT2D eigenvalue weighted by molar-refractivity contribution is 0.306. The lowest BCUT2D eigenvalue weighted by Gasteiger charge is -2.36. The predicted molar refractivity (Wildman–Crippen MR) is 378 cm³/mol. The molecule has 0 atom stereocenters. The van der Waals surface area contributed by atoms with Gasteiger partial charge in [-0.05, 0) is 140 Å². The molecule has 0 aliphatic rings. The van der Waals surface area contributed by atoms with Crippen LogP contribution in [0.4, 0.5) is 0 Å². The highest BCUT2D eigenvalue weighted by Gasteiger charge is 2.39. The Bertz CT molecular complexity index is 3320. The summed E-state index contributed by atoms with van der Waals surface area (Å²) in [5.41, 5.74) is 8.80. The summed E-state index contributed by atoms with van der Waals surface area (Å²) < 4.78 is 27.6. The van der Waals surface area contributed by atoms with Crippen molar-refractivity contribution in [3.8, 4) is 58.8 Å². The summed E-state index contributed by atoms with van der Waals surface area (Å²) in [7, 11) is 0.184. The van der Waals surface area contributed by atoms with E-state index in [4.69, 9.17) is 60.6 Å². The Morgan fingerprint density at radius 1 is 0.382 bits per heavy atom. The van der Waals surface area contributed by atoms with E-state index in [-0.39, 0.29) is 10.8 Å². The Hall–Kier alpha value is -7.80. The molecule has 0 bridgehead atoms. The molecule has 0 unspecified atom stereocenters. The van der Waals surface area contributed by atoms with E-state index in [1.165, 1.54) is 11.1 Å². The molecule has 8 rings (SSSR count). The number of phenols is 1. The molecule has 468 valence electrons. The molecule has 1 N–H and O–H groups in total. The van der Waals surface area contributed by atoms with E-state index in [1.807, 2.05) is 176 Å². The second-order valence-corrected chi connectivity index (χ2v) is 36.2. The van der Waals surface area contributed by atoms with E-state index in [9.17, 15) is 0 Å². The van der Waals surface area contributed by atoms with Crippen LogP contribution in [0, 0.1) is 45.3 Å². The molecule has 0 radical (unpaired) electrons. The van der Waals surface area contributed by atoms with E-state index in [0.29, 0.717) is 43.9 Å². The summed E-state index contributed by atoms with van der Waals surface area (Å²) in [6, 6.07) is 74.2. The zero-order valence-corrected chi connectivity index (χ0v) is 59.6. The van der Waals surface area contributed by atoms with Gasteiger partial charge in [-0.2, -0.15) is 32.1 Å². The average molecular weight is 1380 g/mol. The van der Waals surface area contributed by atoms with Gasteiger partial charge in [0, 0.05) is 10.7 Å². The predicted octanol–water partition coefficient (Wildman–Crippen LogP) is 20.7. The molecule has 0 saturated carbocycles. The number of hydrogen-bond donors (Lipinski definition) is 1. The molecule has 0 aromatic heterocycles. The minimum absolute atomic E-state index is 0.207. The minimum atomic E-state index is -1.75. The van der Waals surface area contributed by atoms with Crippen molar-refractivity contribution >= 4 is 58.6 Å². The Labute approximate surface area is 555 Å². The maximum Gasteiger partial charge on any atom is 0.250 e. The van der Waals surface area contributed by atoms with Crippen LogP contribution in [-0.2, 0) is 49.6 Å². The highest BCUT2D eigenvalue weighted by Crippen LogP contribution is 2.39. The van der Waals surface area contributed by atoms with Crippen LogP contribution in [0.2, 0.25) is 36.3 Å². The fourth-order valence-electron chi connectivity index (χ4n) is 6.42. The quantitative estimate of drug-likeness (QED) is 0.0560. The number of nitrogens with zero attached hydrogens (tertiary/aromatic N) is 4. The number of aromatic hydroxyl groups is 1. The van der Waals surface area contributed by atoms with Gasteiger partial charge in [-0.3, -0.25) is 0 Å². The molecule has 10 nitrogen and oxygen atoms in total. The van der Waals surface area contributed by atoms with Crippen molar-refractivity contribution < 1.29 is 28.5 Å². The third-order valence-electron chi connectivity index (χ3n) is 13.9. The summed E-state index contributed by atoms with van der Waals surface area (Å²) >= 11 is 12.9. The van der Waals surface area contributed by atoms with Crippen LogP contribution < -0.4 is 23.4 Å². The number of methoxy groups -OCH3 is 2. The number of hydrogen-bond acceptors (Lipinski definition) is 10. The van der Waals surface area contributed by atoms with Gasteiger partial charge in [0.15, 0.2) is 7.38 Å². The Balaban J connectivity index is 0.000000363. The normalized spacial score (nSPS) is 10.3. The first-order chi connectivity index (χ1) is 42.3. The molecule has 0 fully saturated rings. The number of halogens is 3. The van der Waals surface area contributed by atoms with E-state index < -0.39 is 15.7 Å². The molecule has 15 heteroatoms. The molecule has 0 heterocycles. The van der Waals surface area contributed by atoms with Crippen molar-refractivity contribution in [3.05, 3.63) is 251 Å². The molecule has 89 heavy (non-hydrogen) atoms. The first-order valence-corrected chi connectivity index (χ1v) is 38.1. The highest BCUT2D eigenvalue weighted by atomic mass is 79.9. The highest BCUT2D eigenvalue weighted by molar-refractivity contribution is 9.08. The zero-order chi connectivity index (χ0) is 66.1. The number of alkyl halides is 2. The molecular weight excluding hydrogens is 1290 g/mol. The van der Waals surface area contributed by atoms with Gasteiger partial charge in [-0.1, -0.05) is 220 Å². The van der Waals surface area contributed by atoms with Crippen LogP contribution in [-0.4, -0.2) is 35.0 Å². The number of benzene rings is 8. The smallest absolute Gasteiger partial charge is 0.250 e. The Morgan fingerprint density at radius 3 is 0.921 bits per heavy atom. The molecule has 0 spiro atoms. The Morgan fingerprint density at radius 2 is 0.640 bits per heavy atom. The zero-order valence-electron chi connectivity index (χ0n) is 53.7. The van der Waals surface area contributed by atoms with Gasteiger partial charge in [0.25, 0.3) is 0 Å². The van der Waals surface area contributed by atoms with E-state index in [2.05, 4.69) is 130 Å². The molecular formula is C74H87Br2ClN4O6Si2. The lowest BCUT2D eigenvalue weighted by atomic mass is 10.2. The second kappa shape index (κ2) is 42.2. The number of phenolic OH excluding ortho intramolecular Hbond substituents is 1. The maximum atomic E-state index is 8.84. The Kier molecular flexibility index (Phi) is 36.6. The largest absolute Gasteiger partial charge is 0.544 e. The SMILES string of the molecule is BrCc1ccccc1.CC(C)(C)[Si](C)(C)Cl.CC(C)(C)[Si](C)(C)Oc1ccc(CC#N)cc1.COc1ccc(CBr)cc1.COc1ccc(COc2ccc(CC#N)cc2)cc1.N#CCc1ccc(O)cc1.N#CCc1ccc(OCc2ccccc2)cc1. The van der Waals surface area contributed by atoms with Gasteiger partial charge < -0.3 is 28.5 Å². The molecule has 0 saturated heterocycles. The molecule has 8 aromatic carbocycles. The third-order valence-corrected chi connectivity index (χ3v) is 24.8. The van der Waals surface area contributed by atoms with Crippen molar-refractivity contribution in [2.24, 2.45) is 0 Å². The summed E-state index contributed by atoms with van der Waals surface area (Å²) in [5.74, 6) is 4.53. The number of ether oxygens (including phenoxy) is 4. The second-order valence-electron chi connectivity index (χ2n) is 23.0. The first kappa shape index (κ1) is 77.3. The van der Waals surface area contributed by atoms with Crippen LogP contribution in [0.15, 0.2) is 206 Å². The fraction of sp³-hybridized carbons (Fsp3) is 0.297. The van der Waals surface area contributed by atoms with Gasteiger partial charge in [0.1, 0.15) is 47.7 Å². The average Bonchev–Trinajstić information content (AvgIpc) is 3.64. The number of rotatable bonds is 16. The summed E-state index contributed by atoms with van der Waals surface area (Å²) in [6.07, 6.45) is 1.73. The lowest BCUT2D eigenvalue weighted by Crippen LogP contribution is -2.43. The fourth-order valence-corrected chi connectivity index (χ4v) is 8.20. The van der Waals surface area contributed by atoms with E-state index in [1.54, 1.807) is 38.5 Å². The van der Waals surface area contributed by atoms with Crippen molar-refractivity contribution in [1.82, 2.24) is 0 Å². The van der Waals surface area contributed by atoms with Gasteiger partial charge >= 0.3 is 0 Å². The summed E-state index contributed by atoms with van der Waals surface area (Å²) in [6.45, 7) is 23.2. The van der Waals surface area contributed by atoms with Crippen molar-refractivity contribution in [2.75, 3.05) is 14.2 Å². The van der Waals surface area contributed by atoms with Crippen LogP contribution in [0.5, 0.6) is 34.5 Å². The van der Waals surface area contributed by atoms with Crippen LogP contribution in [0.1, 0.15) is 86.1 Å². The molecule has 0 aliphatic carbocycles. The van der Waals surface area contributed by atoms with Gasteiger partial charge in [0.05, 0.1) is 64.2 Å². The third kappa shape index (κ3) is 33.4. The van der Waals surface area contributed by atoms with Crippen molar-refractivity contribution in [3.63, 3.8) is 0 Å². The standard InChI is InChI=1S/C16H15NO2.C15H13NO.C14H21NOSi.C8H9BrO.C8H7NO.C7H7Br.C6H15ClSi/c1-18-15-6-4-14(5-7-15)12-19-16-8-2-13(3-9-16)10-11-17;16-11-10-13-6-8-15(9-7-13)17-12-14-4-2-1-3-5-14;1-14(2,3)17(4,5)16-13-8-6-12(7-9-13)10-11-15;1-10-8-4-2-7(6-9)3-5-8;9-6-5-7-1-3-8(10)4-2-7;8-6-7-4-2-1-3-5-7;1-6(2,3)8(4,5)7/h2-9H,10,12H2,1H3;1-9H,10,12H2;6-9H,10H2,1-5H3;2-5H,6H2,1H3;1-4,10H,5H2;1-5H,6H2;1-5H3. The monoisotopic (exact) mass is 1380 g/mol. The summed E-state index contributed by atoms with van der Waals surface area (Å²) in [4.78, 5) is 0. The van der Waals surface area contributed by atoms with Crippen molar-refractivity contribution in [1.29, 1.82) is 21.0 Å². The van der Waals surface area contributed by atoms with Crippen LogP contribution >= 0.6 is 42.9 Å². The van der Waals surface area contributed by atoms with Crippen LogP contribution in [0.25, 0.3) is 0 Å². The topological polar surface area (TPSA) is 162 Å². The maximum absolute atomic E-state index is 8.84. The van der Waals surface area contributed by atoms with Gasteiger partial charge in [0.2, 0.25) is 8.32 Å². The number of nitriles is 4. The summed E-state index contributed by atoms with van der Waals surface area (Å²) in [5, 5.41) is 45.3. The van der Waals surface area contributed by atoms with Gasteiger partial charge in [-0.15, -0.1) is 0 Å². The van der Waals surface area contributed by atoms with Crippen molar-refractivity contribution in [2.45, 2.75) is 127 Å². The molecule has 0 aliphatic heterocycles. The van der Waals surface area contributed by atoms with E-state index >= 15 is 0 Å². The first-order valence-electron chi connectivity index (χ1n) is 29.0.